The van der Waals surface area contributed by atoms with Crippen molar-refractivity contribution in [1.29, 1.82) is 0 Å². The van der Waals surface area contributed by atoms with Gasteiger partial charge in [-0.25, -0.2) is 0 Å². The Kier molecular flexibility index (Phi) is 5.98. The largest absolute Gasteiger partial charge is 0.497 e. The normalized spacial score (nSPS) is 13.2. The molecule has 0 aliphatic carbocycles. The molecule has 0 aliphatic rings. The first-order chi connectivity index (χ1) is 9.71. The van der Waals surface area contributed by atoms with Gasteiger partial charge in [-0.15, -0.1) is 0 Å². The molecule has 1 aromatic carbocycles. The van der Waals surface area contributed by atoms with Gasteiger partial charge in [-0.2, -0.15) is 13.2 Å². The monoisotopic (exact) mass is 307 g/mol. The number of carboxylic acid groups (broad SMARTS) is 1. The standard InChI is InChI=1S/C13H16F3NO4/c1-21-10-4-2-3-9(5-10)11(18)6-17(7-12(19)20)8-13(14,15)16/h2-5,11,18H,6-8H2,1H3,(H,19,20). The molecule has 118 valence electrons. The highest BCUT2D eigenvalue weighted by atomic mass is 19.4. The number of benzene rings is 1. The molecule has 1 aromatic rings. The molecule has 0 aliphatic heterocycles. The van der Waals surface area contributed by atoms with E-state index in [4.69, 9.17) is 9.84 Å². The zero-order valence-electron chi connectivity index (χ0n) is 11.3. The van der Waals surface area contributed by atoms with E-state index in [2.05, 4.69) is 0 Å². The minimum absolute atomic E-state index is 0.354. The molecular weight excluding hydrogens is 291 g/mol. The molecule has 0 bridgehead atoms. The highest BCUT2D eigenvalue weighted by Gasteiger charge is 2.32. The summed E-state index contributed by atoms with van der Waals surface area (Å²) >= 11 is 0. The van der Waals surface area contributed by atoms with E-state index < -0.39 is 37.9 Å². The van der Waals surface area contributed by atoms with E-state index in [9.17, 15) is 23.1 Å². The molecule has 0 saturated carbocycles. The fourth-order valence-electron chi connectivity index (χ4n) is 1.83. The van der Waals surface area contributed by atoms with Gasteiger partial charge in [0, 0.05) is 6.54 Å². The van der Waals surface area contributed by atoms with Gasteiger partial charge in [0.2, 0.25) is 0 Å². The molecule has 0 radical (unpaired) electrons. The summed E-state index contributed by atoms with van der Waals surface area (Å²) in [5.74, 6) is -0.941. The SMILES string of the molecule is COc1cccc(C(O)CN(CC(=O)O)CC(F)(F)F)c1. The molecular formula is C13H16F3NO4. The number of nitrogens with zero attached hydrogens (tertiary/aromatic N) is 1. The summed E-state index contributed by atoms with van der Waals surface area (Å²) in [4.78, 5) is 11.2. The molecule has 5 nitrogen and oxygen atoms in total. The summed E-state index contributed by atoms with van der Waals surface area (Å²) in [6.07, 6.45) is -5.79. The third-order valence-electron chi connectivity index (χ3n) is 2.67. The average molecular weight is 307 g/mol. The number of hydrogen-bond acceptors (Lipinski definition) is 4. The van der Waals surface area contributed by atoms with Gasteiger partial charge in [0.05, 0.1) is 26.3 Å². The molecule has 1 unspecified atom stereocenters. The number of aliphatic hydroxyl groups is 1. The van der Waals surface area contributed by atoms with Crippen molar-refractivity contribution >= 4 is 5.97 Å². The van der Waals surface area contributed by atoms with Gasteiger partial charge in [-0.3, -0.25) is 9.69 Å². The Hall–Kier alpha value is -1.80. The van der Waals surface area contributed by atoms with Crippen molar-refractivity contribution < 1.29 is 32.9 Å². The highest BCUT2D eigenvalue weighted by Crippen LogP contribution is 2.22. The number of halogens is 3. The lowest BCUT2D eigenvalue weighted by atomic mass is 10.1. The second kappa shape index (κ2) is 7.28. The van der Waals surface area contributed by atoms with E-state index in [0.717, 1.165) is 0 Å². The Morgan fingerprint density at radius 2 is 2.10 bits per heavy atom. The van der Waals surface area contributed by atoms with Gasteiger partial charge in [0.1, 0.15) is 5.75 Å². The van der Waals surface area contributed by atoms with E-state index in [0.29, 0.717) is 16.2 Å². The minimum Gasteiger partial charge on any atom is -0.497 e. The lowest BCUT2D eigenvalue weighted by molar-refractivity contribution is -0.156. The minimum atomic E-state index is -4.54. The molecule has 2 N–H and O–H groups in total. The lowest BCUT2D eigenvalue weighted by Gasteiger charge is -2.24. The Bertz CT molecular complexity index is 479. The van der Waals surface area contributed by atoms with Crippen LogP contribution >= 0.6 is 0 Å². The fourth-order valence-corrected chi connectivity index (χ4v) is 1.83. The van der Waals surface area contributed by atoms with Gasteiger partial charge in [0.15, 0.2) is 0 Å². The predicted molar refractivity (Wildman–Crippen MR) is 68.1 cm³/mol. The molecule has 0 aromatic heterocycles. The number of carboxylic acids is 1. The first-order valence-corrected chi connectivity index (χ1v) is 6.04. The molecule has 0 spiro atoms. The number of alkyl halides is 3. The third-order valence-corrected chi connectivity index (χ3v) is 2.67. The Morgan fingerprint density at radius 1 is 1.43 bits per heavy atom. The average Bonchev–Trinajstić information content (AvgIpc) is 2.35. The quantitative estimate of drug-likeness (QED) is 0.802. The van der Waals surface area contributed by atoms with Crippen LogP contribution in [0.3, 0.4) is 0 Å². The second-order valence-electron chi connectivity index (χ2n) is 4.47. The van der Waals surface area contributed by atoms with Gasteiger partial charge in [-0.1, -0.05) is 12.1 Å². The summed E-state index contributed by atoms with van der Waals surface area (Å²) in [5, 5.41) is 18.6. The van der Waals surface area contributed by atoms with Crippen LogP contribution in [0, 0.1) is 0 Å². The van der Waals surface area contributed by atoms with E-state index in [-0.39, 0.29) is 0 Å². The van der Waals surface area contributed by atoms with Crippen molar-refractivity contribution in [2.75, 3.05) is 26.7 Å². The fraction of sp³-hybridized carbons (Fsp3) is 0.462. The molecule has 0 amide bonds. The van der Waals surface area contributed by atoms with Crippen LogP contribution in [0.5, 0.6) is 5.75 Å². The first kappa shape index (κ1) is 17.3. The summed E-state index contributed by atoms with van der Waals surface area (Å²) in [7, 11) is 1.42. The van der Waals surface area contributed by atoms with Gasteiger partial charge in [-0.05, 0) is 17.7 Å². The maximum atomic E-state index is 12.4. The van der Waals surface area contributed by atoms with Crippen LogP contribution in [0.1, 0.15) is 11.7 Å². The lowest BCUT2D eigenvalue weighted by Crippen LogP contribution is -2.40. The summed E-state index contributed by atoms with van der Waals surface area (Å²) in [5.41, 5.74) is 0.354. The summed E-state index contributed by atoms with van der Waals surface area (Å²) in [6.45, 7) is -2.65. The van der Waals surface area contributed by atoms with Crippen LogP contribution in [0.25, 0.3) is 0 Å². The van der Waals surface area contributed by atoms with E-state index in [1.165, 1.54) is 19.2 Å². The van der Waals surface area contributed by atoms with Crippen LogP contribution in [-0.4, -0.2) is 54.0 Å². The zero-order valence-corrected chi connectivity index (χ0v) is 11.3. The number of ether oxygens (including phenoxy) is 1. The molecule has 0 saturated heterocycles. The van der Waals surface area contributed by atoms with Crippen LogP contribution in [0.4, 0.5) is 13.2 Å². The summed E-state index contributed by atoms with van der Waals surface area (Å²) in [6, 6.07) is 6.22. The number of aliphatic carboxylic acids is 1. The Labute approximate surface area is 119 Å². The molecule has 8 heteroatoms. The predicted octanol–water partition coefficient (Wildman–Crippen LogP) is 1.68. The maximum absolute atomic E-state index is 12.4. The molecule has 0 heterocycles. The van der Waals surface area contributed by atoms with Crippen molar-refractivity contribution in [2.24, 2.45) is 0 Å². The number of rotatable bonds is 7. The Balaban J connectivity index is 2.78. The molecule has 0 fully saturated rings. The van der Waals surface area contributed by atoms with E-state index in [1.807, 2.05) is 0 Å². The Morgan fingerprint density at radius 3 is 2.62 bits per heavy atom. The van der Waals surface area contributed by atoms with Crippen LogP contribution in [0.15, 0.2) is 24.3 Å². The first-order valence-electron chi connectivity index (χ1n) is 6.04. The van der Waals surface area contributed by atoms with Crippen LogP contribution in [0.2, 0.25) is 0 Å². The summed E-state index contributed by atoms with van der Waals surface area (Å²) < 4.78 is 42.1. The highest BCUT2D eigenvalue weighted by molar-refractivity contribution is 5.69. The van der Waals surface area contributed by atoms with Gasteiger partial charge in [0.25, 0.3) is 0 Å². The topological polar surface area (TPSA) is 70.0 Å². The van der Waals surface area contributed by atoms with Gasteiger partial charge >= 0.3 is 12.1 Å². The van der Waals surface area contributed by atoms with Crippen molar-refractivity contribution in [3.63, 3.8) is 0 Å². The van der Waals surface area contributed by atoms with Crippen molar-refractivity contribution in [1.82, 2.24) is 4.90 Å². The number of methoxy groups -OCH3 is 1. The molecule has 21 heavy (non-hydrogen) atoms. The van der Waals surface area contributed by atoms with Crippen molar-refractivity contribution in [3.05, 3.63) is 29.8 Å². The maximum Gasteiger partial charge on any atom is 0.401 e. The van der Waals surface area contributed by atoms with E-state index >= 15 is 0 Å². The number of aliphatic hydroxyl groups excluding tert-OH is 1. The molecule has 1 rings (SSSR count). The second-order valence-corrected chi connectivity index (χ2v) is 4.47. The smallest absolute Gasteiger partial charge is 0.401 e. The van der Waals surface area contributed by atoms with Crippen LogP contribution in [-0.2, 0) is 4.79 Å². The van der Waals surface area contributed by atoms with Crippen molar-refractivity contribution in [3.8, 4) is 5.75 Å². The third kappa shape index (κ3) is 6.46. The van der Waals surface area contributed by atoms with Crippen molar-refractivity contribution in [2.45, 2.75) is 12.3 Å². The zero-order chi connectivity index (χ0) is 16.0. The van der Waals surface area contributed by atoms with Gasteiger partial charge < -0.3 is 14.9 Å². The molecule has 1 atom stereocenters. The van der Waals surface area contributed by atoms with E-state index in [1.54, 1.807) is 12.1 Å². The number of carbonyl (C=O) groups is 1. The van der Waals surface area contributed by atoms with Crippen LogP contribution < -0.4 is 4.74 Å². The number of hydrogen-bond donors (Lipinski definition) is 2.